The number of allylic oxidation sites excluding steroid dienone is 2. The van der Waals surface area contributed by atoms with Gasteiger partial charge in [0.05, 0.1) is 11.1 Å². The first kappa shape index (κ1) is 11.9. The lowest BCUT2D eigenvalue weighted by Crippen LogP contribution is -2.38. The van der Waals surface area contributed by atoms with Crippen molar-refractivity contribution >= 4 is 17.5 Å². The van der Waals surface area contributed by atoms with Crippen molar-refractivity contribution < 1.29 is 9.59 Å². The average molecular weight is 267 g/mol. The van der Waals surface area contributed by atoms with Crippen LogP contribution in [0.3, 0.4) is 0 Å². The summed E-state index contributed by atoms with van der Waals surface area (Å²) in [6, 6.07) is 7.63. The van der Waals surface area contributed by atoms with Gasteiger partial charge in [-0.05, 0) is 43.7 Å². The fourth-order valence-corrected chi connectivity index (χ4v) is 4.12. The average Bonchev–Trinajstić information content (AvgIpc) is 3.07. The van der Waals surface area contributed by atoms with Crippen molar-refractivity contribution in [2.45, 2.75) is 26.2 Å². The highest BCUT2D eigenvalue weighted by atomic mass is 16.2. The second kappa shape index (κ2) is 3.81. The third-order valence-electron chi connectivity index (χ3n) is 5.15. The van der Waals surface area contributed by atoms with Gasteiger partial charge in [0.15, 0.2) is 0 Å². The van der Waals surface area contributed by atoms with Gasteiger partial charge in [-0.15, -0.1) is 0 Å². The van der Waals surface area contributed by atoms with E-state index >= 15 is 0 Å². The van der Waals surface area contributed by atoms with Gasteiger partial charge in [0.25, 0.3) is 0 Å². The molecular formula is C17H17NO2. The highest BCUT2D eigenvalue weighted by Gasteiger charge is 2.60. The number of carbonyl (C=O) groups excluding carboxylic acids is 2. The Balaban J connectivity index is 1.73. The largest absolute Gasteiger partial charge is 0.274 e. The van der Waals surface area contributed by atoms with Crippen LogP contribution in [0, 0.1) is 24.2 Å². The second-order valence-corrected chi connectivity index (χ2v) is 6.39. The van der Waals surface area contributed by atoms with Crippen LogP contribution in [-0.2, 0) is 9.59 Å². The van der Waals surface area contributed by atoms with E-state index in [4.69, 9.17) is 0 Å². The molecule has 3 heteroatoms. The maximum Gasteiger partial charge on any atom is 0.241 e. The zero-order valence-electron chi connectivity index (χ0n) is 11.5. The van der Waals surface area contributed by atoms with Crippen LogP contribution < -0.4 is 4.90 Å². The van der Waals surface area contributed by atoms with E-state index in [9.17, 15) is 9.59 Å². The summed E-state index contributed by atoms with van der Waals surface area (Å²) < 4.78 is 0. The molecule has 1 saturated heterocycles. The Morgan fingerprint density at radius 2 is 1.90 bits per heavy atom. The lowest BCUT2D eigenvalue weighted by molar-refractivity contribution is -0.126. The van der Waals surface area contributed by atoms with Gasteiger partial charge in [-0.2, -0.15) is 0 Å². The van der Waals surface area contributed by atoms with Gasteiger partial charge in [0, 0.05) is 6.42 Å². The Morgan fingerprint density at radius 1 is 1.15 bits per heavy atom. The highest BCUT2D eigenvalue weighted by Crippen LogP contribution is 2.57. The van der Waals surface area contributed by atoms with Crippen LogP contribution in [0.25, 0.3) is 0 Å². The molecule has 1 heterocycles. The van der Waals surface area contributed by atoms with Crippen molar-refractivity contribution in [3.8, 4) is 0 Å². The maximum absolute atomic E-state index is 12.9. The Kier molecular flexibility index (Phi) is 2.27. The van der Waals surface area contributed by atoms with Gasteiger partial charge in [-0.1, -0.05) is 29.8 Å². The number of nitrogens with zero attached hydrogens (tertiary/aromatic N) is 1. The van der Waals surface area contributed by atoms with Gasteiger partial charge in [0.2, 0.25) is 11.8 Å². The number of amides is 2. The molecule has 0 radical (unpaired) electrons. The molecule has 2 bridgehead atoms. The fourth-order valence-electron chi connectivity index (χ4n) is 4.12. The van der Waals surface area contributed by atoms with Crippen LogP contribution in [0.1, 0.15) is 24.8 Å². The van der Waals surface area contributed by atoms with Crippen LogP contribution >= 0.6 is 0 Å². The summed E-state index contributed by atoms with van der Waals surface area (Å²) in [4.78, 5) is 26.7. The molecule has 20 heavy (non-hydrogen) atoms. The molecule has 3 atom stereocenters. The van der Waals surface area contributed by atoms with Gasteiger partial charge in [-0.3, -0.25) is 14.5 Å². The topological polar surface area (TPSA) is 37.4 Å². The maximum atomic E-state index is 12.9. The summed E-state index contributed by atoms with van der Waals surface area (Å²) in [5, 5.41) is 0. The Morgan fingerprint density at radius 3 is 2.50 bits per heavy atom. The lowest BCUT2D eigenvalue weighted by atomic mass is 9.74. The molecule has 2 amide bonds. The van der Waals surface area contributed by atoms with Crippen LogP contribution in [0.15, 0.2) is 36.4 Å². The van der Waals surface area contributed by atoms with Crippen LogP contribution in [0.4, 0.5) is 5.69 Å². The third kappa shape index (κ3) is 1.41. The predicted octanol–water partition coefficient (Wildman–Crippen LogP) is 2.84. The van der Waals surface area contributed by atoms with Crippen molar-refractivity contribution in [3.05, 3.63) is 42.0 Å². The van der Waals surface area contributed by atoms with E-state index in [1.54, 1.807) is 0 Å². The molecular weight excluding hydrogens is 250 g/mol. The van der Waals surface area contributed by atoms with E-state index in [0.717, 1.165) is 18.4 Å². The lowest BCUT2D eigenvalue weighted by Gasteiger charge is -2.28. The molecule has 2 fully saturated rings. The summed E-state index contributed by atoms with van der Waals surface area (Å²) in [5.74, 6) is 0.733. The summed E-state index contributed by atoms with van der Waals surface area (Å²) in [7, 11) is 0. The molecule has 4 rings (SSSR count). The van der Waals surface area contributed by atoms with E-state index in [1.807, 2.05) is 31.2 Å². The Labute approximate surface area is 118 Å². The van der Waals surface area contributed by atoms with E-state index in [0.29, 0.717) is 18.0 Å². The third-order valence-corrected chi connectivity index (χ3v) is 5.15. The zero-order valence-corrected chi connectivity index (χ0v) is 11.5. The Bertz CT molecular complexity index is 631. The quantitative estimate of drug-likeness (QED) is 0.579. The smallest absolute Gasteiger partial charge is 0.241 e. The van der Waals surface area contributed by atoms with E-state index in [-0.39, 0.29) is 17.7 Å². The first-order chi connectivity index (χ1) is 9.60. The van der Waals surface area contributed by atoms with Crippen LogP contribution in [-0.4, -0.2) is 11.8 Å². The number of aryl methyl sites for hydroxylation is 1. The standard InChI is InChI=1S/C17H17NO2/c1-11-2-6-14(7-3-11)18-15(19)10-17(16(18)20)9-12-4-5-13(17)8-12/h2-7,12-13H,8-10H2,1H3/t12-,13+,17-/m1/s1. The number of benzene rings is 1. The molecule has 1 aliphatic heterocycles. The number of rotatable bonds is 1. The minimum absolute atomic E-state index is 0.0169. The van der Waals surface area contributed by atoms with Gasteiger partial charge in [-0.25, -0.2) is 0 Å². The summed E-state index contributed by atoms with van der Waals surface area (Å²) in [5.41, 5.74) is 1.40. The van der Waals surface area contributed by atoms with Crippen molar-refractivity contribution in [2.75, 3.05) is 4.90 Å². The molecule has 3 aliphatic rings. The molecule has 0 aromatic heterocycles. The number of hydrogen-bond acceptors (Lipinski definition) is 2. The first-order valence-corrected chi connectivity index (χ1v) is 7.22. The van der Waals surface area contributed by atoms with Crippen molar-refractivity contribution in [3.63, 3.8) is 0 Å². The molecule has 102 valence electrons. The van der Waals surface area contributed by atoms with Crippen molar-refractivity contribution in [2.24, 2.45) is 17.3 Å². The number of imide groups is 1. The van der Waals surface area contributed by atoms with E-state index < -0.39 is 5.41 Å². The van der Waals surface area contributed by atoms with Crippen molar-refractivity contribution in [1.82, 2.24) is 0 Å². The number of hydrogen-bond donors (Lipinski definition) is 0. The molecule has 1 aromatic rings. The summed E-state index contributed by atoms with van der Waals surface area (Å²) in [6.07, 6.45) is 6.63. The second-order valence-electron chi connectivity index (χ2n) is 6.39. The molecule has 1 spiro atoms. The minimum atomic E-state index is -0.443. The van der Waals surface area contributed by atoms with Crippen molar-refractivity contribution in [1.29, 1.82) is 0 Å². The molecule has 2 aliphatic carbocycles. The molecule has 0 N–H and O–H groups in total. The first-order valence-electron chi connectivity index (χ1n) is 7.22. The SMILES string of the molecule is Cc1ccc(N2C(=O)C[C@@]3(C[C@@H]4C=C[C@H]3C4)C2=O)cc1. The highest BCUT2D eigenvalue weighted by molar-refractivity contribution is 6.23. The molecule has 3 nitrogen and oxygen atoms in total. The van der Waals surface area contributed by atoms with Gasteiger partial charge in [0.1, 0.15) is 0 Å². The van der Waals surface area contributed by atoms with E-state index in [1.165, 1.54) is 4.90 Å². The monoisotopic (exact) mass is 267 g/mol. The normalized spacial score (nSPS) is 34.8. The fraction of sp³-hybridized carbons (Fsp3) is 0.412. The number of fused-ring (bicyclic) bond motifs is 3. The predicted molar refractivity (Wildman–Crippen MR) is 76.1 cm³/mol. The molecule has 1 aromatic carbocycles. The summed E-state index contributed by atoms with van der Waals surface area (Å²) >= 11 is 0. The zero-order chi connectivity index (χ0) is 13.9. The van der Waals surface area contributed by atoms with E-state index in [2.05, 4.69) is 12.2 Å². The minimum Gasteiger partial charge on any atom is -0.274 e. The number of anilines is 1. The van der Waals surface area contributed by atoms with Crippen LogP contribution in [0.5, 0.6) is 0 Å². The van der Waals surface area contributed by atoms with Gasteiger partial charge >= 0.3 is 0 Å². The molecule has 0 unspecified atom stereocenters. The number of carbonyl (C=O) groups is 2. The summed E-state index contributed by atoms with van der Waals surface area (Å²) in [6.45, 7) is 2.00. The Hall–Kier alpha value is -1.90. The molecule has 1 saturated carbocycles. The van der Waals surface area contributed by atoms with Gasteiger partial charge < -0.3 is 0 Å². The van der Waals surface area contributed by atoms with Crippen LogP contribution in [0.2, 0.25) is 0 Å².